The van der Waals surface area contributed by atoms with Crippen molar-refractivity contribution >= 4 is 15.9 Å². The Balaban J connectivity index is 1.83. The summed E-state index contributed by atoms with van der Waals surface area (Å²) in [6.45, 7) is 3.14. The molecule has 0 aliphatic heterocycles. The molecule has 2 rings (SSSR count). The summed E-state index contributed by atoms with van der Waals surface area (Å²) < 4.78 is 1.14. The first kappa shape index (κ1) is 13.3. The number of halogens is 1. The fraction of sp³-hybridized carbons (Fsp3) is 0.250. The Morgan fingerprint density at radius 2 is 1.72 bits per heavy atom. The summed E-state index contributed by atoms with van der Waals surface area (Å²) in [4.78, 5) is 0. The largest absolute Gasteiger partial charge is 0.310 e. The maximum absolute atomic E-state index is 3.55. The molecule has 1 N–H and O–H groups in total. The number of rotatable bonds is 5. The summed E-state index contributed by atoms with van der Waals surface area (Å²) in [5.74, 6) is 0. The van der Waals surface area contributed by atoms with Crippen LogP contribution in [0.3, 0.4) is 0 Å². The topological polar surface area (TPSA) is 12.0 Å². The molecule has 1 atom stereocenters. The third kappa shape index (κ3) is 4.28. The second-order valence-corrected chi connectivity index (χ2v) is 5.52. The SMILES string of the molecule is CC(Cc1ccccc1)NCc1cccc(Br)c1. The number of nitrogens with one attached hydrogen (secondary N) is 1. The molecular weight excluding hydrogens is 286 g/mol. The van der Waals surface area contributed by atoms with Gasteiger partial charge in [0.1, 0.15) is 0 Å². The van der Waals surface area contributed by atoms with Crippen LogP contribution in [0.2, 0.25) is 0 Å². The van der Waals surface area contributed by atoms with Crippen molar-refractivity contribution in [1.29, 1.82) is 0 Å². The molecule has 0 amide bonds. The van der Waals surface area contributed by atoms with Gasteiger partial charge < -0.3 is 5.32 Å². The van der Waals surface area contributed by atoms with E-state index < -0.39 is 0 Å². The normalized spacial score (nSPS) is 12.3. The Kier molecular flexibility index (Phi) is 4.97. The van der Waals surface area contributed by atoms with Crippen LogP contribution in [0.4, 0.5) is 0 Å². The van der Waals surface area contributed by atoms with Crippen LogP contribution in [0.5, 0.6) is 0 Å². The minimum absolute atomic E-state index is 0.478. The van der Waals surface area contributed by atoms with Crippen LogP contribution in [-0.4, -0.2) is 6.04 Å². The molecule has 1 nitrogen and oxygen atoms in total. The summed E-state index contributed by atoms with van der Waals surface area (Å²) in [6.07, 6.45) is 1.06. The molecule has 0 saturated carbocycles. The molecule has 0 bridgehead atoms. The molecule has 0 saturated heterocycles. The predicted octanol–water partition coefficient (Wildman–Crippen LogP) is 4.17. The Hall–Kier alpha value is -1.12. The molecule has 0 heterocycles. The summed E-state index contributed by atoms with van der Waals surface area (Å²) >= 11 is 3.50. The number of benzene rings is 2. The van der Waals surface area contributed by atoms with E-state index in [4.69, 9.17) is 0 Å². The first-order chi connectivity index (χ1) is 8.74. The summed E-state index contributed by atoms with van der Waals surface area (Å²) in [5, 5.41) is 3.55. The van der Waals surface area contributed by atoms with E-state index in [2.05, 4.69) is 82.8 Å². The van der Waals surface area contributed by atoms with E-state index >= 15 is 0 Å². The highest BCUT2D eigenvalue weighted by Crippen LogP contribution is 2.11. The van der Waals surface area contributed by atoms with Crippen LogP contribution in [0, 0.1) is 0 Å². The maximum Gasteiger partial charge on any atom is 0.0208 e. The molecule has 94 valence electrons. The van der Waals surface area contributed by atoms with E-state index in [1.807, 2.05) is 0 Å². The standard InChI is InChI=1S/C16H18BrN/c1-13(10-14-6-3-2-4-7-14)18-12-15-8-5-9-16(17)11-15/h2-9,11,13,18H,10,12H2,1H3. The molecule has 0 aliphatic carbocycles. The highest BCUT2D eigenvalue weighted by Gasteiger charge is 2.03. The molecule has 2 aromatic rings. The van der Waals surface area contributed by atoms with E-state index in [-0.39, 0.29) is 0 Å². The molecule has 0 aliphatic rings. The zero-order chi connectivity index (χ0) is 12.8. The van der Waals surface area contributed by atoms with Crippen LogP contribution in [0.25, 0.3) is 0 Å². The Morgan fingerprint density at radius 1 is 1.00 bits per heavy atom. The summed E-state index contributed by atoms with van der Waals surface area (Å²) in [6, 6.07) is 19.5. The molecule has 1 unspecified atom stereocenters. The number of hydrogen-bond donors (Lipinski definition) is 1. The van der Waals surface area contributed by atoms with Crippen LogP contribution >= 0.6 is 15.9 Å². The highest BCUT2D eigenvalue weighted by atomic mass is 79.9. The fourth-order valence-electron chi connectivity index (χ4n) is 1.98. The van der Waals surface area contributed by atoms with Gasteiger partial charge in [0, 0.05) is 17.1 Å². The van der Waals surface area contributed by atoms with Gasteiger partial charge in [-0.05, 0) is 36.6 Å². The van der Waals surface area contributed by atoms with Crippen molar-refractivity contribution in [2.24, 2.45) is 0 Å². The van der Waals surface area contributed by atoms with E-state index in [1.165, 1.54) is 11.1 Å². The monoisotopic (exact) mass is 303 g/mol. The minimum atomic E-state index is 0.478. The highest BCUT2D eigenvalue weighted by molar-refractivity contribution is 9.10. The molecule has 0 radical (unpaired) electrons. The van der Waals surface area contributed by atoms with Gasteiger partial charge in [0.25, 0.3) is 0 Å². The second kappa shape index (κ2) is 6.72. The van der Waals surface area contributed by atoms with Crippen molar-refractivity contribution in [3.05, 3.63) is 70.2 Å². The smallest absolute Gasteiger partial charge is 0.0208 e. The third-order valence-electron chi connectivity index (χ3n) is 2.93. The number of hydrogen-bond acceptors (Lipinski definition) is 1. The lowest BCUT2D eigenvalue weighted by molar-refractivity contribution is 0.545. The fourth-order valence-corrected chi connectivity index (χ4v) is 2.43. The van der Waals surface area contributed by atoms with Crippen molar-refractivity contribution < 1.29 is 0 Å². The molecule has 2 heteroatoms. The van der Waals surface area contributed by atoms with Crippen LogP contribution in [0.1, 0.15) is 18.1 Å². The molecule has 0 aromatic heterocycles. The molecule has 18 heavy (non-hydrogen) atoms. The van der Waals surface area contributed by atoms with Crippen LogP contribution < -0.4 is 5.32 Å². The van der Waals surface area contributed by atoms with Gasteiger partial charge in [0.15, 0.2) is 0 Å². The van der Waals surface area contributed by atoms with Gasteiger partial charge in [-0.25, -0.2) is 0 Å². The maximum atomic E-state index is 3.55. The average molecular weight is 304 g/mol. The van der Waals surface area contributed by atoms with Crippen molar-refractivity contribution in [2.75, 3.05) is 0 Å². The Bertz CT molecular complexity index is 481. The zero-order valence-corrected chi connectivity index (χ0v) is 12.2. The lowest BCUT2D eigenvalue weighted by Gasteiger charge is -2.14. The van der Waals surface area contributed by atoms with Gasteiger partial charge in [-0.3, -0.25) is 0 Å². The molecule has 2 aromatic carbocycles. The molecule has 0 fully saturated rings. The third-order valence-corrected chi connectivity index (χ3v) is 3.42. The lowest BCUT2D eigenvalue weighted by Crippen LogP contribution is -2.27. The Morgan fingerprint density at radius 3 is 2.44 bits per heavy atom. The quantitative estimate of drug-likeness (QED) is 0.874. The lowest BCUT2D eigenvalue weighted by atomic mass is 10.1. The zero-order valence-electron chi connectivity index (χ0n) is 10.6. The van der Waals surface area contributed by atoms with Crippen molar-refractivity contribution in [2.45, 2.75) is 25.9 Å². The summed E-state index contributed by atoms with van der Waals surface area (Å²) in [7, 11) is 0. The predicted molar refractivity (Wildman–Crippen MR) is 80.6 cm³/mol. The average Bonchev–Trinajstić information content (AvgIpc) is 2.38. The van der Waals surface area contributed by atoms with Gasteiger partial charge in [-0.1, -0.05) is 58.4 Å². The van der Waals surface area contributed by atoms with Crippen LogP contribution in [-0.2, 0) is 13.0 Å². The van der Waals surface area contributed by atoms with E-state index in [0.29, 0.717) is 6.04 Å². The van der Waals surface area contributed by atoms with Gasteiger partial charge in [-0.2, -0.15) is 0 Å². The van der Waals surface area contributed by atoms with Gasteiger partial charge >= 0.3 is 0 Å². The van der Waals surface area contributed by atoms with E-state index in [0.717, 1.165) is 17.4 Å². The Labute approximate surface area is 117 Å². The van der Waals surface area contributed by atoms with Crippen molar-refractivity contribution in [3.8, 4) is 0 Å². The second-order valence-electron chi connectivity index (χ2n) is 4.60. The first-order valence-corrected chi connectivity index (χ1v) is 7.05. The minimum Gasteiger partial charge on any atom is -0.310 e. The summed E-state index contributed by atoms with van der Waals surface area (Å²) in [5.41, 5.74) is 2.69. The van der Waals surface area contributed by atoms with E-state index in [9.17, 15) is 0 Å². The van der Waals surface area contributed by atoms with Gasteiger partial charge in [0.05, 0.1) is 0 Å². The van der Waals surface area contributed by atoms with Crippen molar-refractivity contribution in [3.63, 3.8) is 0 Å². The molecular formula is C16H18BrN. The van der Waals surface area contributed by atoms with Gasteiger partial charge in [0.2, 0.25) is 0 Å². The van der Waals surface area contributed by atoms with Gasteiger partial charge in [-0.15, -0.1) is 0 Å². The van der Waals surface area contributed by atoms with E-state index in [1.54, 1.807) is 0 Å². The van der Waals surface area contributed by atoms with Crippen molar-refractivity contribution in [1.82, 2.24) is 5.32 Å². The molecule has 0 spiro atoms. The van der Waals surface area contributed by atoms with Crippen LogP contribution in [0.15, 0.2) is 59.1 Å². The first-order valence-electron chi connectivity index (χ1n) is 6.26.